The van der Waals surface area contributed by atoms with Crippen LogP contribution in [0.4, 0.5) is 0 Å². The lowest BCUT2D eigenvalue weighted by Crippen LogP contribution is -2.50. The molecule has 5 nitrogen and oxygen atoms in total. The first-order valence-corrected chi connectivity index (χ1v) is 12.2. The molecule has 28 heavy (non-hydrogen) atoms. The summed E-state index contributed by atoms with van der Waals surface area (Å²) in [4.78, 5) is 17.8. The van der Waals surface area contributed by atoms with Gasteiger partial charge in [-0.15, -0.1) is 22.7 Å². The predicted octanol–water partition coefficient (Wildman–Crippen LogP) is 4.03. The highest BCUT2D eigenvalue weighted by atomic mass is 32.2. The minimum atomic E-state index is -3.51. The standard InChI is InChI=1S/C20H22N2O3S3/c1-13-12-18(15(3)26-13)28(24,25)22-10-8-21(9-11-22)20(23)19-14(2)16-6-4-5-7-17(16)27-19/h4-7,12H,8-11H2,1-3H3. The fourth-order valence-corrected chi connectivity index (χ4v) is 7.78. The van der Waals surface area contributed by atoms with Crippen LogP contribution in [0.1, 0.15) is 25.0 Å². The van der Waals surface area contributed by atoms with E-state index in [4.69, 9.17) is 0 Å². The summed E-state index contributed by atoms with van der Waals surface area (Å²) in [6.45, 7) is 7.21. The molecule has 148 valence electrons. The van der Waals surface area contributed by atoms with Gasteiger partial charge in [0.1, 0.15) is 0 Å². The summed E-state index contributed by atoms with van der Waals surface area (Å²) in [5, 5.41) is 1.11. The third-order valence-electron chi connectivity index (χ3n) is 5.18. The highest BCUT2D eigenvalue weighted by Gasteiger charge is 2.32. The minimum absolute atomic E-state index is 0.00157. The van der Waals surface area contributed by atoms with Crippen LogP contribution in [-0.4, -0.2) is 49.7 Å². The van der Waals surface area contributed by atoms with Crippen LogP contribution >= 0.6 is 22.7 Å². The topological polar surface area (TPSA) is 57.7 Å². The molecule has 3 aromatic rings. The van der Waals surface area contributed by atoms with Crippen molar-refractivity contribution in [2.24, 2.45) is 0 Å². The molecule has 1 saturated heterocycles. The largest absolute Gasteiger partial charge is 0.335 e. The summed E-state index contributed by atoms with van der Waals surface area (Å²) >= 11 is 3.01. The number of thiophene rings is 2. The van der Waals surface area contributed by atoms with Crippen LogP contribution < -0.4 is 0 Å². The molecule has 2 aromatic heterocycles. The average Bonchev–Trinajstić information content (AvgIpc) is 3.21. The van der Waals surface area contributed by atoms with Crippen LogP contribution in [0.5, 0.6) is 0 Å². The molecular formula is C20H22N2O3S3. The summed E-state index contributed by atoms with van der Waals surface area (Å²) in [5.74, 6) is -0.00157. The summed E-state index contributed by atoms with van der Waals surface area (Å²) in [7, 11) is -3.51. The van der Waals surface area contributed by atoms with Crippen LogP contribution in [0, 0.1) is 20.8 Å². The molecule has 0 saturated carbocycles. The number of rotatable bonds is 3. The molecule has 0 spiro atoms. The molecule has 0 aliphatic carbocycles. The number of hydrogen-bond donors (Lipinski definition) is 0. The molecule has 4 rings (SSSR count). The van der Waals surface area contributed by atoms with Crippen LogP contribution in [0.3, 0.4) is 0 Å². The van der Waals surface area contributed by atoms with E-state index in [1.807, 2.05) is 45.0 Å². The maximum Gasteiger partial charge on any atom is 0.264 e. The Bertz CT molecular complexity index is 1150. The van der Waals surface area contributed by atoms with Crippen molar-refractivity contribution in [1.82, 2.24) is 9.21 Å². The second-order valence-corrected chi connectivity index (χ2v) is 11.4. The van der Waals surface area contributed by atoms with E-state index in [9.17, 15) is 13.2 Å². The molecule has 3 heterocycles. The number of fused-ring (bicyclic) bond motifs is 1. The molecule has 1 aliphatic heterocycles. The maximum atomic E-state index is 13.0. The third kappa shape index (κ3) is 3.28. The normalized spacial score (nSPS) is 16.0. The van der Waals surface area contributed by atoms with Gasteiger partial charge in [-0.05, 0) is 43.9 Å². The zero-order valence-corrected chi connectivity index (χ0v) is 18.5. The molecule has 1 aliphatic rings. The fourth-order valence-electron chi connectivity index (χ4n) is 3.66. The Hall–Kier alpha value is -1.74. The van der Waals surface area contributed by atoms with Gasteiger partial charge in [-0.2, -0.15) is 4.31 Å². The second-order valence-electron chi connectivity index (χ2n) is 7.03. The Morgan fingerprint density at radius 1 is 1.00 bits per heavy atom. The quantitative estimate of drug-likeness (QED) is 0.625. The lowest BCUT2D eigenvalue weighted by atomic mass is 10.1. The lowest BCUT2D eigenvalue weighted by molar-refractivity contribution is 0.0702. The number of piperazine rings is 1. The number of sulfonamides is 1. The SMILES string of the molecule is Cc1cc(S(=O)(=O)N2CCN(C(=O)c3sc4ccccc4c3C)CC2)c(C)s1. The van der Waals surface area contributed by atoms with Crippen molar-refractivity contribution in [3.05, 3.63) is 50.5 Å². The predicted molar refractivity (Wildman–Crippen MR) is 115 cm³/mol. The van der Waals surface area contributed by atoms with Crippen molar-refractivity contribution in [3.8, 4) is 0 Å². The monoisotopic (exact) mass is 434 g/mol. The molecule has 0 unspecified atom stereocenters. The summed E-state index contributed by atoms with van der Waals surface area (Å²) < 4.78 is 28.5. The van der Waals surface area contributed by atoms with E-state index >= 15 is 0 Å². The van der Waals surface area contributed by atoms with E-state index in [-0.39, 0.29) is 5.91 Å². The van der Waals surface area contributed by atoms with E-state index in [2.05, 4.69) is 0 Å². The van der Waals surface area contributed by atoms with E-state index < -0.39 is 10.0 Å². The number of hydrogen-bond acceptors (Lipinski definition) is 5. The Kier molecular flexibility index (Phi) is 5.07. The van der Waals surface area contributed by atoms with Gasteiger partial charge in [0, 0.05) is 40.6 Å². The van der Waals surface area contributed by atoms with Crippen molar-refractivity contribution in [3.63, 3.8) is 0 Å². The molecule has 1 fully saturated rings. The molecule has 0 N–H and O–H groups in total. The lowest BCUT2D eigenvalue weighted by Gasteiger charge is -2.33. The van der Waals surface area contributed by atoms with Gasteiger partial charge in [-0.1, -0.05) is 18.2 Å². The maximum absolute atomic E-state index is 13.0. The van der Waals surface area contributed by atoms with Gasteiger partial charge in [0.15, 0.2) is 0 Å². The molecular weight excluding hydrogens is 412 g/mol. The van der Waals surface area contributed by atoms with Crippen molar-refractivity contribution < 1.29 is 13.2 Å². The van der Waals surface area contributed by atoms with Gasteiger partial charge in [-0.3, -0.25) is 4.79 Å². The Balaban J connectivity index is 1.51. The number of carbonyl (C=O) groups excluding carboxylic acids is 1. The number of nitrogens with zero attached hydrogens (tertiary/aromatic N) is 2. The number of amides is 1. The second kappa shape index (κ2) is 7.26. The van der Waals surface area contributed by atoms with Crippen LogP contribution in [-0.2, 0) is 10.0 Å². The number of aryl methyl sites for hydroxylation is 3. The highest BCUT2D eigenvalue weighted by Crippen LogP contribution is 2.32. The van der Waals surface area contributed by atoms with E-state index in [0.717, 1.165) is 30.3 Å². The smallest absolute Gasteiger partial charge is 0.264 e. The van der Waals surface area contributed by atoms with Crippen LogP contribution in [0.25, 0.3) is 10.1 Å². The van der Waals surface area contributed by atoms with Gasteiger partial charge in [0.05, 0.1) is 9.77 Å². The van der Waals surface area contributed by atoms with Gasteiger partial charge in [-0.25, -0.2) is 8.42 Å². The first-order valence-electron chi connectivity index (χ1n) is 9.13. The van der Waals surface area contributed by atoms with E-state index in [1.165, 1.54) is 27.0 Å². The van der Waals surface area contributed by atoms with Gasteiger partial charge >= 0.3 is 0 Å². The molecule has 1 amide bonds. The minimum Gasteiger partial charge on any atom is -0.335 e. The van der Waals surface area contributed by atoms with Gasteiger partial charge < -0.3 is 4.90 Å². The Morgan fingerprint density at radius 2 is 1.68 bits per heavy atom. The molecule has 0 radical (unpaired) electrons. The number of carbonyl (C=O) groups is 1. The van der Waals surface area contributed by atoms with Crippen molar-refractivity contribution in [2.75, 3.05) is 26.2 Å². The van der Waals surface area contributed by atoms with Crippen LogP contribution in [0.2, 0.25) is 0 Å². The van der Waals surface area contributed by atoms with Crippen molar-refractivity contribution >= 4 is 48.7 Å². The molecule has 8 heteroatoms. The first kappa shape index (κ1) is 19.6. The highest BCUT2D eigenvalue weighted by molar-refractivity contribution is 7.89. The zero-order valence-electron chi connectivity index (χ0n) is 16.1. The van der Waals surface area contributed by atoms with Crippen molar-refractivity contribution in [1.29, 1.82) is 0 Å². The van der Waals surface area contributed by atoms with E-state index in [1.54, 1.807) is 11.0 Å². The van der Waals surface area contributed by atoms with Gasteiger partial charge in [0.25, 0.3) is 5.91 Å². The van der Waals surface area contributed by atoms with Crippen LogP contribution in [0.15, 0.2) is 35.2 Å². The summed E-state index contributed by atoms with van der Waals surface area (Å²) in [6, 6.07) is 9.76. The Labute approximate surface area is 173 Å². The fraction of sp³-hybridized carbons (Fsp3) is 0.350. The summed E-state index contributed by atoms with van der Waals surface area (Å²) in [6.07, 6.45) is 0. The molecule has 0 bridgehead atoms. The number of benzene rings is 1. The van der Waals surface area contributed by atoms with Gasteiger partial charge in [0.2, 0.25) is 10.0 Å². The average molecular weight is 435 g/mol. The Morgan fingerprint density at radius 3 is 2.29 bits per heavy atom. The molecule has 0 atom stereocenters. The third-order valence-corrected chi connectivity index (χ3v) is 9.56. The van der Waals surface area contributed by atoms with Crippen molar-refractivity contribution in [2.45, 2.75) is 25.7 Å². The van der Waals surface area contributed by atoms with E-state index in [0.29, 0.717) is 31.1 Å². The molecule has 1 aromatic carbocycles. The summed E-state index contributed by atoms with van der Waals surface area (Å²) in [5.41, 5.74) is 1.00. The first-order chi connectivity index (χ1) is 13.3. The zero-order chi connectivity index (χ0) is 20.1.